The maximum absolute atomic E-state index is 13.1. The molecule has 5 heteroatoms. The van der Waals surface area contributed by atoms with E-state index in [1.807, 2.05) is 0 Å². The molecule has 1 aromatic carbocycles. The molecule has 2 N–H and O–H groups in total. The number of carbonyl (C=O) groups is 1. The lowest BCUT2D eigenvalue weighted by atomic mass is 10.1. The first kappa shape index (κ1) is 13.4. The standard InChI is InChI=1S/C14H15FN2O2/c1-8(7-18)16-14(19)12-5-10-3-4-11(15)6-13(10)17-9(12)2/h3-6,8,18H,7H2,1-2H3,(H,16,19). The summed E-state index contributed by atoms with van der Waals surface area (Å²) in [6, 6.07) is 5.60. The number of carbonyl (C=O) groups excluding carboxylic acids is 1. The van der Waals surface area contributed by atoms with E-state index in [2.05, 4.69) is 10.3 Å². The summed E-state index contributed by atoms with van der Waals surface area (Å²) in [5.41, 5.74) is 1.48. The van der Waals surface area contributed by atoms with Crippen LogP contribution in [0.25, 0.3) is 10.9 Å². The van der Waals surface area contributed by atoms with Crippen molar-refractivity contribution in [1.82, 2.24) is 10.3 Å². The van der Waals surface area contributed by atoms with Crippen LogP contribution in [0.2, 0.25) is 0 Å². The second kappa shape index (κ2) is 5.32. The minimum absolute atomic E-state index is 0.128. The molecular formula is C14H15FN2O2. The monoisotopic (exact) mass is 262 g/mol. The number of halogens is 1. The van der Waals surface area contributed by atoms with E-state index in [1.54, 1.807) is 26.0 Å². The van der Waals surface area contributed by atoms with Crippen LogP contribution in [0.15, 0.2) is 24.3 Å². The normalized spacial score (nSPS) is 12.4. The minimum Gasteiger partial charge on any atom is -0.394 e. The Morgan fingerprint density at radius 1 is 1.47 bits per heavy atom. The summed E-state index contributed by atoms with van der Waals surface area (Å²) in [4.78, 5) is 16.2. The van der Waals surface area contributed by atoms with Gasteiger partial charge in [0, 0.05) is 17.5 Å². The molecule has 19 heavy (non-hydrogen) atoms. The predicted octanol–water partition coefficient (Wildman–Crippen LogP) is 1.79. The Hall–Kier alpha value is -2.01. The largest absolute Gasteiger partial charge is 0.394 e. The van der Waals surface area contributed by atoms with Crippen LogP contribution in [0, 0.1) is 12.7 Å². The molecule has 1 amide bonds. The van der Waals surface area contributed by atoms with E-state index >= 15 is 0 Å². The first-order valence-corrected chi connectivity index (χ1v) is 6.00. The lowest BCUT2D eigenvalue weighted by Gasteiger charge is -2.12. The summed E-state index contributed by atoms with van der Waals surface area (Å²) in [6.07, 6.45) is 0. The fraction of sp³-hybridized carbons (Fsp3) is 0.286. The molecule has 0 fully saturated rings. The smallest absolute Gasteiger partial charge is 0.253 e. The molecule has 1 atom stereocenters. The fourth-order valence-electron chi connectivity index (χ4n) is 1.81. The molecule has 2 rings (SSSR count). The van der Waals surface area contributed by atoms with E-state index in [0.717, 1.165) is 0 Å². The number of benzene rings is 1. The molecule has 0 saturated carbocycles. The molecule has 1 unspecified atom stereocenters. The molecule has 4 nitrogen and oxygen atoms in total. The second-order valence-corrected chi connectivity index (χ2v) is 4.52. The van der Waals surface area contributed by atoms with Gasteiger partial charge in [-0.2, -0.15) is 0 Å². The van der Waals surface area contributed by atoms with E-state index in [-0.39, 0.29) is 24.4 Å². The third-order valence-corrected chi connectivity index (χ3v) is 2.87. The van der Waals surface area contributed by atoms with Crippen molar-refractivity contribution in [2.45, 2.75) is 19.9 Å². The zero-order valence-electron chi connectivity index (χ0n) is 10.8. The van der Waals surface area contributed by atoms with Crippen LogP contribution in [0.5, 0.6) is 0 Å². The molecule has 0 bridgehead atoms. The van der Waals surface area contributed by atoms with Gasteiger partial charge in [-0.3, -0.25) is 9.78 Å². The van der Waals surface area contributed by atoms with E-state index < -0.39 is 0 Å². The summed E-state index contributed by atoms with van der Waals surface area (Å²) in [6.45, 7) is 3.27. The molecule has 1 aromatic heterocycles. The van der Waals surface area contributed by atoms with Crippen molar-refractivity contribution in [2.24, 2.45) is 0 Å². The van der Waals surface area contributed by atoms with Gasteiger partial charge < -0.3 is 10.4 Å². The van der Waals surface area contributed by atoms with Crippen LogP contribution < -0.4 is 5.32 Å². The first-order valence-electron chi connectivity index (χ1n) is 6.00. The summed E-state index contributed by atoms with van der Waals surface area (Å²) in [5.74, 6) is -0.650. The Bertz CT molecular complexity index is 628. The average molecular weight is 262 g/mol. The predicted molar refractivity (Wildman–Crippen MR) is 70.5 cm³/mol. The van der Waals surface area contributed by atoms with Crippen LogP contribution >= 0.6 is 0 Å². The highest BCUT2D eigenvalue weighted by Crippen LogP contribution is 2.17. The van der Waals surface area contributed by atoms with Crippen LogP contribution in [0.1, 0.15) is 23.0 Å². The number of nitrogens with one attached hydrogen (secondary N) is 1. The van der Waals surface area contributed by atoms with Crippen LogP contribution in [0.4, 0.5) is 4.39 Å². The number of aromatic nitrogens is 1. The zero-order valence-corrected chi connectivity index (χ0v) is 10.8. The average Bonchev–Trinajstić information content (AvgIpc) is 2.37. The lowest BCUT2D eigenvalue weighted by molar-refractivity contribution is 0.0921. The molecule has 2 aromatic rings. The van der Waals surface area contributed by atoms with Gasteiger partial charge in [0.2, 0.25) is 0 Å². The maximum Gasteiger partial charge on any atom is 0.253 e. The van der Waals surface area contributed by atoms with Crippen LogP contribution in [0.3, 0.4) is 0 Å². The third kappa shape index (κ3) is 2.88. The summed E-state index contributed by atoms with van der Waals surface area (Å²) >= 11 is 0. The number of aliphatic hydroxyl groups excluding tert-OH is 1. The van der Waals surface area contributed by atoms with Gasteiger partial charge in [-0.05, 0) is 32.0 Å². The highest BCUT2D eigenvalue weighted by atomic mass is 19.1. The van der Waals surface area contributed by atoms with Crippen molar-refractivity contribution in [1.29, 1.82) is 0 Å². The fourth-order valence-corrected chi connectivity index (χ4v) is 1.81. The molecule has 0 radical (unpaired) electrons. The number of pyridine rings is 1. The van der Waals surface area contributed by atoms with Crippen molar-refractivity contribution in [3.63, 3.8) is 0 Å². The Morgan fingerprint density at radius 3 is 2.89 bits per heavy atom. The van der Waals surface area contributed by atoms with Gasteiger partial charge >= 0.3 is 0 Å². The lowest BCUT2D eigenvalue weighted by Crippen LogP contribution is -2.35. The van der Waals surface area contributed by atoms with Gasteiger partial charge in [0.15, 0.2) is 0 Å². The van der Waals surface area contributed by atoms with Crippen LogP contribution in [-0.2, 0) is 0 Å². The second-order valence-electron chi connectivity index (χ2n) is 4.52. The molecule has 0 saturated heterocycles. The topological polar surface area (TPSA) is 62.2 Å². The molecule has 1 heterocycles. The number of rotatable bonds is 3. The highest BCUT2D eigenvalue weighted by molar-refractivity contribution is 5.98. The Morgan fingerprint density at radius 2 is 2.21 bits per heavy atom. The Balaban J connectivity index is 2.41. The maximum atomic E-state index is 13.1. The van der Waals surface area contributed by atoms with E-state index in [1.165, 1.54) is 12.1 Å². The molecule has 0 aliphatic heterocycles. The molecule has 0 aliphatic carbocycles. The van der Waals surface area contributed by atoms with Crippen molar-refractivity contribution in [3.8, 4) is 0 Å². The molecule has 0 spiro atoms. The van der Waals surface area contributed by atoms with E-state index in [0.29, 0.717) is 22.2 Å². The minimum atomic E-state index is -0.356. The number of aryl methyl sites for hydroxylation is 1. The van der Waals surface area contributed by atoms with Gasteiger partial charge in [0.25, 0.3) is 5.91 Å². The first-order chi connectivity index (χ1) is 9.01. The molecule has 0 aliphatic rings. The van der Waals surface area contributed by atoms with E-state index in [9.17, 15) is 9.18 Å². The summed E-state index contributed by atoms with van der Waals surface area (Å²) in [7, 11) is 0. The molecule has 100 valence electrons. The third-order valence-electron chi connectivity index (χ3n) is 2.87. The Kier molecular flexibility index (Phi) is 3.76. The summed E-state index contributed by atoms with van der Waals surface area (Å²) < 4.78 is 13.1. The van der Waals surface area contributed by atoms with Crippen molar-refractivity contribution in [3.05, 3.63) is 41.3 Å². The van der Waals surface area contributed by atoms with Crippen molar-refractivity contribution in [2.75, 3.05) is 6.61 Å². The van der Waals surface area contributed by atoms with E-state index in [4.69, 9.17) is 5.11 Å². The van der Waals surface area contributed by atoms with Crippen LogP contribution in [-0.4, -0.2) is 28.6 Å². The molecular weight excluding hydrogens is 247 g/mol. The van der Waals surface area contributed by atoms with Gasteiger partial charge in [-0.15, -0.1) is 0 Å². The Labute approximate surface area is 110 Å². The van der Waals surface area contributed by atoms with Gasteiger partial charge in [0.05, 0.1) is 23.4 Å². The van der Waals surface area contributed by atoms with Crippen molar-refractivity contribution < 1.29 is 14.3 Å². The number of aliphatic hydroxyl groups is 1. The number of hydrogen-bond acceptors (Lipinski definition) is 3. The number of amides is 1. The number of fused-ring (bicyclic) bond motifs is 1. The number of nitrogens with zero attached hydrogens (tertiary/aromatic N) is 1. The van der Waals surface area contributed by atoms with Gasteiger partial charge in [0.1, 0.15) is 5.82 Å². The van der Waals surface area contributed by atoms with Gasteiger partial charge in [-0.25, -0.2) is 4.39 Å². The van der Waals surface area contributed by atoms with Crippen molar-refractivity contribution >= 4 is 16.8 Å². The zero-order chi connectivity index (χ0) is 14.0. The number of hydrogen-bond donors (Lipinski definition) is 2. The quantitative estimate of drug-likeness (QED) is 0.886. The highest BCUT2D eigenvalue weighted by Gasteiger charge is 2.13. The summed E-state index contributed by atoms with van der Waals surface area (Å²) in [5, 5.41) is 12.3. The SMILES string of the molecule is Cc1nc2cc(F)ccc2cc1C(=O)NC(C)CO. The van der Waals surface area contributed by atoms with Gasteiger partial charge in [-0.1, -0.05) is 0 Å².